The maximum absolute atomic E-state index is 12.1. The molecule has 114 valence electrons. The Balaban J connectivity index is 1.85. The fourth-order valence-corrected chi connectivity index (χ4v) is 2.40. The SMILES string of the molecule is COc1ncccc1C(=O)NCCN1CCCCCC1=O. The van der Waals surface area contributed by atoms with Crippen LogP contribution in [0.25, 0.3) is 0 Å². The van der Waals surface area contributed by atoms with E-state index in [0.29, 0.717) is 31.0 Å². The molecule has 1 aromatic heterocycles. The number of carbonyl (C=O) groups is 2. The lowest BCUT2D eigenvalue weighted by atomic mass is 10.2. The summed E-state index contributed by atoms with van der Waals surface area (Å²) in [6, 6.07) is 3.36. The summed E-state index contributed by atoms with van der Waals surface area (Å²) in [4.78, 5) is 29.7. The number of ether oxygens (including phenoxy) is 1. The molecule has 0 spiro atoms. The van der Waals surface area contributed by atoms with E-state index in [4.69, 9.17) is 4.74 Å². The van der Waals surface area contributed by atoms with E-state index in [1.165, 1.54) is 7.11 Å². The molecule has 0 aromatic carbocycles. The van der Waals surface area contributed by atoms with Gasteiger partial charge in [-0.1, -0.05) is 6.42 Å². The summed E-state index contributed by atoms with van der Waals surface area (Å²) >= 11 is 0. The molecule has 1 N–H and O–H groups in total. The Morgan fingerprint density at radius 1 is 1.43 bits per heavy atom. The summed E-state index contributed by atoms with van der Waals surface area (Å²) < 4.78 is 5.06. The van der Waals surface area contributed by atoms with Crippen molar-refractivity contribution in [2.75, 3.05) is 26.7 Å². The molecule has 2 heterocycles. The predicted octanol–water partition coefficient (Wildman–Crippen LogP) is 1.22. The highest BCUT2D eigenvalue weighted by atomic mass is 16.5. The van der Waals surface area contributed by atoms with Crippen LogP contribution < -0.4 is 10.1 Å². The molecular weight excluding hydrogens is 270 g/mol. The monoisotopic (exact) mass is 291 g/mol. The minimum Gasteiger partial charge on any atom is -0.480 e. The van der Waals surface area contributed by atoms with E-state index in [2.05, 4.69) is 10.3 Å². The number of nitrogens with zero attached hydrogens (tertiary/aromatic N) is 2. The van der Waals surface area contributed by atoms with Crippen LogP contribution in [0.3, 0.4) is 0 Å². The first-order chi connectivity index (χ1) is 10.2. The number of likely N-dealkylation sites (tertiary alicyclic amines) is 1. The highest BCUT2D eigenvalue weighted by Gasteiger charge is 2.17. The Hall–Kier alpha value is -2.11. The van der Waals surface area contributed by atoms with Crippen LogP contribution in [0.5, 0.6) is 5.88 Å². The Kier molecular flexibility index (Phi) is 5.54. The van der Waals surface area contributed by atoms with E-state index in [1.54, 1.807) is 18.3 Å². The third-order valence-corrected chi connectivity index (χ3v) is 3.55. The van der Waals surface area contributed by atoms with Crippen molar-refractivity contribution in [2.24, 2.45) is 0 Å². The van der Waals surface area contributed by atoms with Crippen molar-refractivity contribution < 1.29 is 14.3 Å². The lowest BCUT2D eigenvalue weighted by Gasteiger charge is -2.20. The van der Waals surface area contributed by atoms with Gasteiger partial charge >= 0.3 is 0 Å². The van der Waals surface area contributed by atoms with Crippen LogP contribution in [0, 0.1) is 0 Å². The van der Waals surface area contributed by atoms with E-state index in [1.807, 2.05) is 4.90 Å². The summed E-state index contributed by atoms with van der Waals surface area (Å²) in [5.41, 5.74) is 0.405. The van der Waals surface area contributed by atoms with Crippen molar-refractivity contribution in [3.63, 3.8) is 0 Å². The molecule has 2 amide bonds. The van der Waals surface area contributed by atoms with E-state index in [0.717, 1.165) is 25.8 Å². The Morgan fingerprint density at radius 2 is 2.29 bits per heavy atom. The summed E-state index contributed by atoms with van der Waals surface area (Å²) in [6.45, 7) is 1.76. The zero-order valence-electron chi connectivity index (χ0n) is 12.3. The second kappa shape index (κ2) is 7.61. The van der Waals surface area contributed by atoms with Gasteiger partial charge < -0.3 is 15.0 Å². The molecule has 0 unspecified atom stereocenters. The van der Waals surface area contributed by atoms with Gasteiger partial charge in [-0.2, -0.15) is 0 Å². The summed E-state index contributed by atoms with van der Waals surface area (Å²) in [6.07, 6.45) is 5.29. The maximum Gasteiger partial charge on any atom is 0.256 e. The number of carbonyl (C=O) groups excluding carboxylic acids is 2. The van der Waals surface area contributed by atoms with Crippen LogP contribution in [-0.4, -0.2) is 48.4 Å². The number of pyridine rings is 1. The molecule has 0 bridgehead atoms. The minimum absolute atomic E-state index is 0.181. The predicted molar refractivity (Wildman–Crippen MR) is 78.2 cm³/mol. The number of aromatic nitrogens is 1. The van der Waals surface area contributed by atoms with Crippen molar-refractivity contribution in [3.8, 4) is 5.88 Å². The fourth-order valence-electron chi connectivity index (χ4n) is 2.40. The molecule has 0 atom stereocenters. The average Bonchev–Trinajstić information content (AvgIpc) is 2.72. The van der Waals surface area contributed by atoms with Crippen LogP contribution in [0.2, 0.25) is 0 Å². The molecule has 1 fully saturated rings. The van der Waals surface area contributed by atoms with Gasteiger partial charge in [0, 0.05) is 32.3 Å². The topological polar surface area (TPSA) is 71.5 Å². The molecule has 1 aliphatic heterocycles. The number of rotatable bonds is 5. The first kappa shape index (κ1) is 15.3. The first-order valence-corrected chi connectivity index (χ1v) is 7.27. The zero-order chi connectivity index (χ0) is 15.1. The molecule has 1 saturated heterocycles. The van der Waals surface area contributed by atoms with E-state index < -0.39 is 0 Å². The maximum atomic E-state index is 12.1. The third-order valence-electron chi connectivity index (χ3n) is 3.55. The first-order valence-electron chi connectivity index (χ1n) is 7.27. The highest BCUT2D eigenvalue weighted by molar-refractivity contribution is 5.96. The number of nitrogens with one attached hydrogen (secondary N) is 1. The van der Waals surface area contributed by atoms with Gasteiger partial charge in [-0.3, -0.25) is 9.59 Å². The smallest absolute Gasteiger partial charge is 0.256 e. The largest absolute Gasteiger partial charge is 0.480 e. The molecule has 1 aromatic rings. The molecule has 0 radical (unpaired) electrons. The number of hydrogen-bond acceptors (Lipinski definition) is 4. The van der Waals surface area contributed by atoms with Crippen LogP contribution in [0.1, 0.15) is 36.0 Å². The molecule has 21 heavy (non-hydrogen) atoms. The van der Waals surface area contributed by atoms with Gasteiger partial charge in [0.1, 0.15) is 5.56 Å². The van der Waals surface area contributed by atoms with Crippen LogP contribution in [-0.2, 0) is 4.79 Å². The Morgan fingerprint density at radius 3 is 3.10 bits per heavy atom. The summed E-state index contributed by atoms with van der Waals surface area (Å²) in [7, 11) is 1.48. The van der Waals surface area contributed by atoms with Crippen LogP contribution >= 0.6 is 0 Å². The second-order valence-corrected chi connectivity index (χ2v) is 5.01. The second-order valence-electron chi connectivity index (χ2n) is 5.01. The van der Waals surface area contributed by atoms with Gasteiger partial charge in [0.15, 0.2) is 0 Å². The van der Waals surface area contributed by atoms with Gasteiger partial charge in [0.2, 0.25) is 11.8 Å². The molecule has 6 heteroatoms. The molecule has 1 aliphatic rings. The molecule has 0 saturated carbocycles. The van der Waals surface area contributed by atoms with Crippen molar-refractivity contribution in [1.29, 1.82) is 0 Å². The van der Waals surface area contributed by atoms with Gasteiger partial charge in [-0.05, 0) is 25.0 Å². The number of hydrogen-bond donors (Lipinski definition) is 1. The van der Waals surface area contributed by atoms with Crippen LogP contribution in [0.15, 0.2) is 18.3 Å². The quantitative estimate of drug-likeness (QED) is 0.885. The van der Waals surface area contributed by atoms with Crippen molar-refractivity contribution in [1.82, 2.24) is 15.2 Å². The van der Waals surface area contributed by atoms with Gasteiger partial charge in [-0.25, -0.2) is 4.98 Å². The molecule has 0 aliphatic carbocycles. The number of methoxy groups -OCH3 is 1. The average molecular weight is 291 g/mol. The van der Waals surface area contributed by atoms with Gasteiger partial charge in [0.25, 0.3) is 5.91 Å². The normalized spacial score (nSPS) is 15.5. The van der Waals surface area contributed by atoms with Gasteiger partial charge in [-0.15, -0.1) is 0 Å². The van der Waals surface area contributed by atoms with E-state index >= 15 is 0 Å². The molecule has 6 nitrogen and oxygen atoms in total. The Labute approximate surface area is 124 Å². The lowest BCUT2D eigenvalue weighted by Crippen LogP contribution is -2.38. The lowest BCUT2D eigenvalue weighted by molar-refractivity contribution is -0.130. The van der Waals surface area contributed by atoms with E-state index in [-0.39, 0.29) is 11.8 Å². The highest BCUT2D eigenvalue weighted by Crippen LogP contribution is 2.13. The summed E-state index contributed by atoms with van der Waals surface area (Å²) in [5, 5.41) is 2.81. The van der Waals surface area contributed by atoms with Gasteiger partial charge in [0.05, 0.1) is 7.11 Å². The van der Waals surface area contributed by atoms with Crippen molar-refractivity contribution in [2.45, 2.75) is 25.7 Å². The molecule has 2 rings (SSSR count). The van der Waals surface area contributed by atoms with Crippen LogP contribution in [0.4, 0.5) is 0 Å². The Bertz CT molecular complexity index is 505. The molecular formula is C15H21N3O3. The van der Waals surface area contributed by atoms with Crippen molar-refractivity contribution in [3.05, 3.63) is 23.9 Å². The fraction of sp³-hybridized carbons (Fsp3) is 0.533. The zero-order valence-corrected chi connectivity index (χ0v) is 12.3. The van der Waals surface area contributed by atoms with Crippen molar-refractivity contribution >= 4 is 11.8 Å². The summed E-state index contributed by atoms with van der Waals surface area (Å²) in [5.74, 6) is 0.253. The third kappa shape index (κ3) is 4.18. The van der Waals surface area contributed by atoms with E-state index in [9.17, 15) is 9.59 Å². The minimum atomic E-state index is -0.234. The standard InChI is InChI=1S/C15H21N3O3/c1-21-15-12(6-5-8-17-15)14(20)16-9-11-18-10-4-2-3-7-13(18)19/h5-6,8H,2-4,7,9-11H2,1H3,(H,16,20). The number of amides is 2.